The van der Waals surface area contributed by atoms with E-state index in [1.54, 1.807) is 30.2 Å². The Labute approximate surface area is 151 Å². The first kappa shape index (κ1) is 17.9. The predicted octanol–water partition coefficient (Wildman–Crippen LogP) is 1.66. The second-order valence-corrected chi connectivity index (χ2v) is 5.90. The highest BCUT2D eigenvalue weighted by Crippen LogP contribution is 2.19. The van der Waals surface area contributed by atoms with Crippen molar-refractivity contribution in [3.05, 3.63) is 42.0 Å². The number of aromatic nitrogens is 2. The zero-order valence-corrected chi connectivity index (χ0v) is 14.8. The molecule has 1 aliphatic heterocycles. The van der Waals surface area contributed by atoms with Crippen molar-refractivity contribution in [3.63, 3.8) is 0 Å². The van der Waals surface area contributed by atoms with Crippen LogP contribution in [-0.2, 0) is 4.79 Å². The van der Waals surface area contributed by atoms with Crippen LogP contribution in [0, 0.1) is 12.7 Å². The van der Waals surface area contributed by atoms with Gasteiger partial charge >= 0.3 is 0 Å². The van der Waals surface area contributed by atoms with Gasteiger partial charge in [-0.1, -0.05) is 12.1 Å². The molecule has 0 unspecified atom stereocenters. The van der Waals surface area contributed by atoms with Gasteiger partial charge in [-0.3, -0.25) is 4.79 Å². The molecule has 1 aromatic heterocycles. The van der Waals surface area contributed by atoms with Crippen molar-refractivity contribution >= 4 is 11.7 Å². The Balaban J connectivity index is 1.54. The number of anilines is 1. The van der Waals surface area contributed by atoms with Gasteiger partial charge in [-0.05, 0) is 19.1 Å². The summed E-state index contributed by atoms with van der Waals surface area (Å²) in [5, 5.41) is 0. The third-order valence-electron chi connectivity index (χ3n) is 4.15. The van der Waals surface area contributed by atoms with Crippen LogP contribution in [0.25, 0.3) is 0 Å². The van der Waals surface area contributed by atoms with E-state index in [4.69, 9.17) is 9.47 Å². The van der Waals surface area contributed by atoms with Crippen LogP contribution < -0.4 is 14.4 Å². The number of nitrogens with zero attached hydrogens (tertiary/aromatic N) is 4. The van der Waals surface area contributed by atoms with Crippen LogP contribution in [0.5, 0.6) is 11.6 Å². The van der Waals surface area contributed by atoms with E-state index in [1.165, 1.54) is 12.1 Å². The van der Waals surface area contributed by atoms with Crippen LogP contribution >= 0.6 is 0 Å². The Kier molecular flexibility index (Phi) is 5.50. The largest absolute Gasteiger partial charge is 0.481 e. The number of hydrogen-bond acceptors (Lipinski definition) is 6. The predicted molar refractivity (Wildman–Crippen MR) is 94.0 cm³/mol. The maximum Gasteiger partial charge on any atom is 0.260 e. The van der Waals surface area contributed by atoms with Crippen molar-refractivity contribution in [2.24, 2.45) is 0 Å². The first-order valence-electron chi connectivity index (χ1n) is 8.36. The summed E-state index contributed by atoms with van der Waals surface area (Å²) in [6.45, 7) is 4.01. The van der Waals surface area contributed by atoms with Crippen molar-refractivity contribution in [2.45, 2.75) is 6.92 Å². The first-order valence-corrected chi connectivity index (χ1v) is 8.36. The molecule has 0 radical (unpaired) electrons. The SMILES string of the molecule is COc1cc(N2CCN(C(=O)COc3ccccc3F)CC2)nc(C)n1. The van der Waals surface area contributed by atoms with E-state index in [-0.39, 0.29) is 18.3 Å². The Bertz CT molecular complexity index is 779. The molecule has 1 fully saturated rings. The molecule has 8 heteroatoms. The molecule has 0 N–H and O–H groups in total. The fraction of sp³-hybridized carbons (Fsp3) is 0.389. The molecule has 2 heterocycles. The number of methoxy groups -OCH3 is 1. The fourth-order valence-electron chi connectivity index (χ4n) is 2.77. The van der Waals surface area contributed by atoms with E-state index in [9.17, 15) is 9.18 Å². The van der Waals surface area contributed by atoms with Gasteiger partial charge in [0.1, 0.15) is 11.6 Å². The Hall–Kier alpha value is -2.90. The van der Waals surface area contributed by atoms with Crippen molar-refractivity contribution in [1.82, 2.24) is 14.9 Å². The highest BCUT2D eigenvalue weighted by Gasteiger charge is 2.23. The van der Waals surface area contributed by atoms with Gasteiger partial charge in [-0.25, -0.2) is 9.37 Å². The standard InChI is InChI=1S/C18H21FN4O3/c1-13-20-16(11-17(21-13)25-2)22-7-9-23(10-8-22)18(24)12-26-15-6-4-3-5-14(15)19/h3-6,11H,7-10,12H2,1-2H3. The van der Waals surface area contributed by atoms with Gasteiger partial charge in [0, 0.05) is 32.2 Å². The Morgan fingerprint density at radius 2 is 1.92 bits per heavy atom. The number of piperazine rings is 1. The average Bonchev–Trinajstić information content (AvgIpc) is 2.66. The quantitative estimate of drug-likeness (QED) is 0.808. The van der Waals surface area contributed by atoms with Gasteiger partial charge in [-0.2, -0.15) is 4.98 Å². The minimum absolute atomic E-state index is 0.0861. The maximum atomic E-state index is 13.5. The lowest BCUT2D eigenvalue weighted by atomic mass is 10.3. The highest BCUT2D eigenvalue weighted by atomic mass is 19.1. The molecule has 1 saturated heterocycles. The Morgan fingerprint density at radius 1 is 1.19 bits per heavy atom. The number of amides is 1. The van der Waals surface area contributed by atoms with Crippen LogP contribution in [0.3, 0.4) is 0 Å². The summed E-state index contributed by atoms with van der Waals surface area (Å²) < 4.78 is 24.0. The lowest BCUT2D eigenvalue weighted by molar-refractivity contribution is -0.133. The van der Waals surface area contributed by atoms with Crippen molar-refractivity contribution in [3.8, 4) is 11.6 Å². The minimum atomic E-state index is -0.474. The number of benzene rings is 1. The second kappa shape index (κ2) is 7.99. The number of hydrogen-bond donors (Lipinski definition) is 0. The normalized spacial score (nSPS) is 14.3. The molecule has 0 bridgehead atoms. The summed E-state index contributed by atoms with van der Waals surface area (Å²) in [6.07, 6.45) is 0. The number of ether oxygens (including phenoxy) is 2. The summed E-state index contributed by atoms with van der Waals surface area (Å²) in [6, 6.07) is 7.83. The van der Waals surface area contributed by atoms with E-state index in [1.807, 2.05) is 6.92 Å². The lowest BCUT2D eigenvalue weighted by Crippen LogP contribution is -2.50. The molecule has 2 aromatic rings. The van der Waals surface area contributed by atoms with Gasteiger partial charge in [0.15, 0.2) is 18.2 Å². The number of para-hydroxylation sites is 1. The van der Waals surface area contributed by atoms with Gasteiger partial charge in [-0.15, -0.1) is 0 Å². The third-order valence-corrected chi connectivity index (χ3v) is 4.15. The number of carbonyl (C=O) groups is 1. The van der Waals surface area contributed by atoms with Crippen LogP contribution in [0.15, 0.2) is 30.3 Å². The van der Waals surface area contributed by atoms with Gasteiger partial charge in [0.2, 0.25) is 5.88 Å². The van der Waals surface area contributed by atoms with Gasteiger partial charge in [0.05, 0.1) is 7.11 Å². The van der Waals surface area contributed by atoms with Gasteiger partial charge in [0.25, 0.3) is 5.91 Å². The van der Waals surface area contributed by atoms with Gasteiger partial charge < -0.3 is 19.3 Å². The molecule has 7 nitrogen and oxygen atoms in total. The molecule has 3 rings (SSSR count). The molecule has 26 heavy (non-hydrogen) atoms. The van der Waals surface area contributed by atoms with Crippen molar-refractivity contribution < 1.29 is 18.7 Å². The summed E-state index contributed by atoms with van der Waals surface area (Å²) in [5.74, 6) is 1.38. The second-order valence-electron chi connectivity index (χ2n) is 5.90. The number of rotatable bonds is 5. The first-order chi connectivity index (χ1) is 12.6. The maximum absolute atomic E-state index is 13.5. The lowest BCUT2D eigenvalue weighted by Gasteiger charge is -2.35. The van der Waals surface area contributed by atoms with Crippen LogP contribution in [-0.4, -0.2) is 60.7 Å². The molecule has 138 valence electrons. The zero-order chi connectivity index (χ0) is 18.5. The summed E-state index contributed by atoms with van der Waals surface area (Å²) in [4.78, 5) is 24.7. The smallest absolute Gasteiger partial charge is 0.260 e. The molecule has 1 aliphatic rings. The molecular formula is C18H21FN4O3. The number of halogens is 1. The van der Waals surface area contributed by atoms with Crippen LogP contribution in [0.4, 0.5) is 10.2 Å². The molecule has 1 amide bonds. The zero-order valence-electron chi connectivity index (χ0n) is 14.8. The monoisotopic (exact) mass is 360 g/mol. The molecule has 0 saturated carbocycles. The Morgan fingerprint density at radius 3 is 2.62 bits per heavy atom. The van der Waals surface area contributed by atoms with E-state index in [0.29, 0.717) is 37.9 Å². The molecule has 1 aromatic carbocycles. The minimum Gasteiger partial charge on any atom is -0.481 e. The summed E-state index contributed by atoms with van der Waals surface area (Å²) in [5.41, 5.74) is 0. The van der Waals surface area contributed by atoms with Crippen molar-refractivity contribution in [1.29, 1.82) is 0 Å². The molecule has 0 aliphatic carbocycles. The molecule has 0 atom stereocenters. The van der Waals surface area contributed by atoms with E-state index < -0.39 is 5.82 Å². The molecule has 0 spiro atoms. The van der Waals surface area contributed by atoms with E-state index in [0.717, 1.165) is 5.82 Å². The third kappa shape index (κ3) is 4.19. The van der Waals surface area contributed by atoms with E-state index in [2.05, 4.69) is 14.9 Å². The summed E-state index contributed by atoms with van der Waals surface area (Å²) >= 11 is 0. The summed E-state index contributed by atoms with van der Waals surface area (Å²) in [7, 11) is 1.57. The topological polar surface area (TPSA) is 67.8 Å². The molecular weight excluding hydrogens is 339 g/mol. The fourth-order valence-corrected chi connectivity index (χ4v) is 2.77. The highest BCUT2D eigenvalue weighted by molar-refractivity contribution is 5.78. The number of aryl methyl sites for hydroxylation is 1. The van der Waals surface area contributed by atoms with Crippen molar-refractivity contribution in [2.75, 3.05) is 44.8 Å². The average molecular weight is 360 g/mol. The van der Waals surface area contributed by atoms with Crippen LogP contribution in [0.1, 0.15) is 5.82 Å². The number of carbonyl (C=O) groups excluding carboxylic acids is 1. The van der Waals surface area contributed by atoms with Crippen LogP contribution in [0.2, 0.25) is 0 Å². The van der Waals surface area contributed by atoms with E-state index >= 15 is 0 Å².